The van der Waals surface area contributed by atoms with Crippen LogP contribution in [0.25, 0.3) is 0 Å². The summed E-state index contributed by atoms with van der Waals surface area (Å²) in [6, 6.07) is 5.39. The standard InChI is InChI=1S/C11H13IO3.C3H7Br/c1-7(2)15-10-6-8(12)4-5-9(10)11(13)14-3;1-3(2)4/h4-7H,1-3H3;3H,1-2H3. The van der Waals surface area contributed by atoms with Gasteiger partial charge in [-0.25, -0.2) is 4.79 Å². The number of carbonyl (C=O) groups is 1. The molecule has 1 rings (SSSR count). The van der Waals surface area contributed by atoms with Crippen LogP contribution in [0.15, 0.2) is 18.2 Å². The molecule has 5 heteroatoms. The van der Waals surface area contributed by atoms with Crippen LogP contribution in [0, 0.1) is 3.57 Å². The van der Waals surface area contributed by atoms with Gasteiger partial charge in [0.25, 0.3) is 0 Å². The van der Waals surface area contributed by atoms with Crippen LogP contribution in [0.1, 0.15) is 38.1 Å². The van der Waals surface area contributed by atoms with E-state index in [4.69, 9.17) is 4.74 Å². The van der Waals surface area contributed by atoms with Crippen molar-refractivity contribution < 1.29 is 14.3 Å². The van der Waals surface area contributed by atoms with Crippen molar-refractivity contribution in [3.05, 3.63) is 27.3 Å². The summed E-state index contributed by atoms with van der Waals surface area (Å²) in [5, 5.41) is 0. The van der Waals surface area contributed by atoms with E-state index in [0.717, 1.165) is 3.57 Å². The van der Waals surface area contributed by atoms with Gasteiger partial charge in [-0.1, -0.05) is 29.8 Å². The Hall–Kier alpha value is -0.300. The van der Waals surface area contributed by atoms with Gasteiger partial charge >= 0.3 is 5.97 Å². The van der Waals surface area contributed by atoms with Gasteiger partial charge in [0.2, 0.25) is 0 Å². The van der Waals surface area contributed by atoms with Gasteiger partial charge in [-0.15, -0.1) is 0 Å². The predicted octanol–water partition coefficient (Wildman–Crippen LogP) is 4.65. The monoisotopic (exact) mass is 442 g/mol. The van der Waals surface area contributed by atoms with Gasteiger partial charge in [-0.2, -0.15) is 0 Å². The molecule has 0 aliphatic heterocycles. The molecule has 0 N–H and O–H groups in total. The topological polar surface area (TPSA) is 35.5 Å². The molecule has 1 aromatic rings. The Morgan fingerprint density at radius 3 is 2.21 bits per heavy atom. The molecule has 0 amide bonds. The van der Waals surface area contributed by atoms with Gasteiger partial charge in [0, 0.05) is 8.40 Å². The van der Waals surface area contributed by atoms with E-state index < -0.39 is 0 Å². The molecule has 0 aromatic heterocycles. The molecule has 0 spiro atoms. The summed E-state index contributed by atoms with van der Waals surface area (Å²) in [4.78, 5) is 12.1. The largest absolute Gasteiger partial charge is 0.490 e. The van der Waals surface area contributed by atoms with Crippen molar-refractivity contribution in [2.75, 3.05) is 7.11 Å². The van der Waals surface area contributed by atoms with E-state index >= 15 is 0 Å². The van der Waals surface area contributed by atoms with E-state index in [2.05, 4.69) is 57.1 Å². The van der Waals surface area contributed by atoms with E-state index in [1.807, 2.05) is 26.0 Å². The summed E-state index contributed by atoms with van der Waals surface area (Å²) in [7, 11) is 1.36. The Morgan fingerprint density at radius 1 is 1.26 bits per heavy atom. The second-order valence-corrected chi connectivity index (χ2v) is 7.39. The van der Waals surface area contributed by atoms with E-state index in [-0.39, 0.29) is 12.1 Å². The summed E-state index contributed by atoms with van der Waals surface area (Å²) < 4.78 is 11.2. The smallest absolute Gasteiger partial charge is 0.341 e. The fourth-order valence-electron chi connectivity index (χ4n) is 1.13. The van der Waals surface area contributed by atoms with E-state index in [1.165, 1.54) is 7.11 Å². The molecular weight excluding hydrogens is 423 g/mol. The molecule has 0 radical (unpaired) electrons. The fraction of sp³-hybridized carbons (Fsp3) is 0.500. The van der Waals surface area contributed by atoms with Crippen LogP contribution in [-0.4, -0.2) is 24.0 Å². The first-order valence-electron chi connectivity index (χ1n) is 5.96. The Kier molecular flexibility index (Phi) is 9.43. The summed E-state index contributed by atoms with van der Waals surface area (Å²) in [5.74, 6) is 0.200. The van der Waals surface area contributed by atoms with Crippen molar-refractivity contribution in [2.45, 2.75) is 38.6 Å². The minimum atomic E-state index is -0.373. The summed E-state index contributed by atoms with van der Waals surface area (Å²) in [6.07, 6.45) is 0.0339. The molecule has 0 aliphatic carbocycles. The SMILES string of the molecule is CC(C)Br.COC(=O)c1ccc(I)cc1OC(C)C. The lowest BCUT2D eigenvalue weighted by Crippen LogP contribution is -2.11. The molecule has 0 aliphatic rings. The molecule has 0 bridgehead atoms. The Labute approximate surface area is 137 Å². The minimum Gasteiger partial charge on any atom is -0.490 e. The highest BCUT2D eigenvalue weighted by atomic mass is 127. The quantitative estimate of drug-likeness (QED) is 0.388. The van der Waals surface area contributed by atoms with Crippen LogP contribution >= 0.6 is 38.5 Å². The zero-order valence-corrected chi connectivity index (χ0v) is 15.6. The van der Waals surface area contributed by atoms with Gasteiger partial charge in [0.15, 0.2) is 0 Å². The van der Waals surface area contributed by atoms with Crippen LogP contribution in [0.3, 0.4) is 0 Å². The highest BCUT2D eigenvalue weighted by Crippen LogP contribution is 2.23. The van der Waals surface area contributed by atoms with E-state index in [1.54, 1.807) is 6.07 Å². The highest BCUT2D eigenvalue weighted by molar-refractivity contribution is 14.1. The third-order valence-corrected chi connectivity index (χ3v) is 2.38. The van der Waals surface area contributed by atoms with Crippen LogP contribution in [-0.2, 0) is 4.74 Å². The van der Waals surface area contributed by atoms with Gasteiger partial charge in [-0.05, 0) is 54.6 Å². The lowest BCUT2D eigenvalue weighted by molar-refractivity contribution is 0.0594. The molecule has 108 valence electrons. The number of halogens is 2. The average Bonchev–Trinajstić information content (AvgIpc) is 2.26. The molecular formula is C14H20BrIO3. The van der Waals surface area contributed by atoms with Crippen LogP contribution in [0.2, 0.25) is 0 Å². The summed E-state index contributed by atoms with van der Waals surface area (Å²) in [5.41, 5.74) is 0.464. The first-order valence-corrected chi connectivity index (χ1v) is 7.96. The number of rotatable bonds is 3. The van der Waals surface area contributed by atoms with Crippen molar-refractivity contribution in [3.63, 3.8) is 0 Å². The zero-order valence-electron chi connectivity index (χ0n) is 11.9. The van der Waals surface area contributed by atoms with Crippen molar-refractivity contribution in [2.24, 2.45) is 0 Å². The van der Waals surface area contributed by atoms with Gasteiger partial charge in [0.1, 0.15) is 11.3 Å². The fourth-order valence-corrected chi connectivity index (χ4v) is 1.59. The number of ether oxygens (including phenoxy) is 2. The minimum absolute atomic E-state index is 0.0339. The van der Waals surface area contributed by atoms with Crippen LogP contribution in [0.5, 0.6) is 5.75 Å². The third-order valence-electron chi connectivity index (χ3n) is 1.71. The van der Waals surface area contributed by atoms with Gasteiger partial charge < -0.3 is 9.47 Å². The molecule has 0 unspecified atom stereocenters. The Balaban J connectivity index is 0.000000711. The number of benzene rings is 1. The molecule has 0 heterocycles. The highest BCUT2D eigenvalue weighted by Gasteiger charge is 2.14. The van der Waals surface area contributed by atoms with Crippen LogP contribution in [0.4, 0.5) is 0 Å². The Morgan fingerprint density at radius 2 is 1.79 bits per heavy atom. The molecule has 0 atom stereocenters. The van der Waals surface area contributed by atoms with Crippen molar-refractivity contribution in [1.82, 2.24) is 0 Å². The maximum absolute atomic E-state index is 11.4. The maximum atomic E-state index is 11.4. The summed E-state index contributed by atoms with van der Waals surface area (Å²) >= 11 is 5.44. The molecule has 3 nitrogen and oxygen atoms in total. The first kappa shape index (κ1) is 18.7. The lowest BCUT2D eigenvalue weighted by Gasteiger charge is -2.13. The van der Waals surface area contributed by atoms with Crippen LogP contribution < -0.4 is 4.74 Å². The second kappa shape index (κ2) is 9.58. The van der Waals surface area contributed by atoms with Crippen molar-refractivity contribution in [3.8, 4) is 5.75 Å². The average molecular weight is 443 g/mol. The molecule has 0 saturated carbocycles. The normalized spacial score (nSPS) is 9.95. The predicted molar refractivity (Wildman–Crippen MR) is 90.3 cm³/mol. The van der Waals surface area contributed by atoms with Crippen molar-refractivity contribution >= 4 is 44.5 Å². The second-order valence-electron chi connectivity index (χ2n) is 4.31. The van der Waals surface area contributed by atoms with E-state index in [0.29, 0.717) is 16.1 Å². The van der Waals surface area contributed by atoms with E-state index in [9.17, 15) is 4.79 Å². The third kappa shape index (κ3) is 8.47. The number of hydrogen-bond acceptors (Lipinski definition) is 3. The number of hydrogen-bond donors (Lipinski definition) is 0. The Bertz CT molecular complexity index is 403. The number of alkyl halides is 1. The number of methoxy groups -OCH3 is 1. The molecule has 0 saturated heterocycles. The van der Waals surface area contributed by atoms with Gasteiger partial charge in [-0.3, -0.25) is 0 Å². The molecule has 19 heavy (non-hydrogen) atoms. The van der Waals surface area contributed by atoms with Gasteiger partial charge in [0.05, 0.1) is 13.2 Å². The van der Waals surface area contributed by atoms with Crippen molar-refractivity contribution in [1.29, 1.82) is 0 Å². The first-order chi connectivity index (χ1) is 8.77. The molecule has 0 fully saturated rings. The lowest BCUT2D eigenvalue weighted by atomic mass is 10.2. The zero-order chi connectivity index (χ0) is 15.0. The number of carbonyl (C=O) groups excluding carboxylic acids is 1. The molecule has 1 aromatic carbocycles. The summed E-state index contributed by atoms with van der Waals surface area (Å²) in [6.45, 7) is 8.00. The number of esters is 1. The maximum Gasteiger partial charge on any atom is 0.341 e.